The molecule has 0 aliphatic carbocycles. The summed E-state index contributed by atoms with van der Waals surface area (Å²) in [5.74, 6) is 2.01. The summed E-state index contributed by atoms with van der Waals surface area (Å²) in [5, 5.41) is 4.56. The summed E-state index contributed by atoms with van der Waals surface area (Å²) >= 11 is 0. The maximum atomic E-state index is 13.3. The molecule has 0 aromatic carbocycles. The number of amides is 1. The van der Waals surface area contributed by atoms with Gasteiger partial charge < -0.3 is 9.80 Å². The van der Waals surface area contributed by atoms with Crippen LogP contribution in [0, 0.1) is 11.8 Å². The molecule has 3 fully saturated rings. The van der Waals surface area contributed by atoms with Crippen molar-refractivity contribution in [2.24, 2.45) is 18.9 Å². The van der Waals surface area contributed by atoms with Gasteiger partial charge in [0.2, 0.25) is 0 Å². The number of hydrogen-bond donors (Lipinski definition) is 0. The zero-order valence-corrected chi connectivity index (χ0v) is 16.4. The van der Waals surface area contributed by atoms with Crippen LogP contribution in [0.25, 0.3) is 0 Å². The minimum atomic E-state index is 0.107. The smallest absolute Gasteiger partial charge is 0.272 e. The maximum Gasteiger partial charge on any atom is 0.272 e. The predicted molar refractivity (Wildman–Crippen MR) is 104 cm³/mol. The molecular formula is C20H28N6O. The highest BCUT2D eigenvalue weighted by Gasteiger charge is 2.38. The minimum absolute atomic E-state index is 0.107. The molecule has 3 saturated heterocycles. The van der Waals surface area contributed by atoms with Gasteiger partial charge in [0.05, 0.1) is 11.9 Å². The summed E-state index contributed by atoms with van der Waals surface area (Å²) in [6.45, 7) is 6.90. The van der Waals surface area contributed by atoms with Crippen molar-refractivity contribution in [1.82, 2.24) is 24.6 Å². The Hall–Kier alpha value is -2.44. The summed E-state index contributed by atoms with van der Waals surface area (Å²) in [4.78, 5) is 26.3. The highest BCUT2D eigenvalue weighted by molar-refractivity contribution is 5.93. The summed E-state index contributed by atoms with van der Waals surface area (Å²) < 4.78 is 1.75. The number of hydrogen-bond acceptors (Lipinski definition) is 5. The largest absolute Gasteiger partial charge is 0.353 e. The van der Waals surface area contributed by atoms with E-state index in [0.29, 0.717) is 17.5 Å². The van der Waals surface area contributed by atoms with Crippen molar-refractivity contribution in [2.75, 3.05) is 24.5 Å². The lowest BCUT2D eigenvalue weighted by Gasteiger charge is -2.36. The highest BCUT2D eigenvalue weighted by atomic mass is 16.2. The quantitative estimate of drug-likeness (QED) is 0.827. The van der Waals surface area contributed by atoms with Gasteiger partial charge in [-0.2, -0.15) is 5.10 Å². The Kier molecular flexibility index (Phi) is 4.85. The number of anilines is 1. The van der Waals surface area contributed by atoms with Crippen LogP contribution < -0.4 is 4.90 Å². The molecule has 3 aliphatic heterocycles. The van der Waals surface area contributed by atoms with E-state index in [0.717, 1.165) is 50.4 Å². The van der Waals surface area contributed by atoms with Crippen molar-refractivity contribution < 1.29 is 4.79 Å². The first kappa shape index (κ1) is 17.9. The van der Waals surface area contributed by atoms with Crippen molar-refractivity contribution in [2.45, 2.75) is 39.2 Å². The lowest BCUT2D eigenvalue weighted by Crippen LogP contribution is -2.47. The first-order valence-electron chi connectivity index (χ1n) is 9.86. The van der Waals surface area contributed by atoms with Crippen molar-refractivity contribution in [3.8, 4) is 0 Å². The molecule has 3 aliphatic rings. The highest BCUT2D eigenvalue weighted by Crippen LogP contribution is 2.31. The van der Waals surface area contributed by atoms with E-state index in [-0.39, 0.29) is 11.9 Å². The third-order valence-electron chi connectivity index (χ3n) is 5.61. The third kappa shape index (κ3) is 3.68. The van der Waals surface area contributed by atoms with Gasteiger partial charge in [-0.25, -0.2) is 4.98 Å². The van der Waals surface area contributed by atoms with Gasteiger partial charge >= 0.3 is 0 Å². The van der Waals surface area contributed by atoms with E-state index < -0.39 is 0 Å². The molecule has 2 bridgehead atoms. The van der Waals surface area contributed by atoms with Crippen molar-refractivity contribution in [3.63, 3.8) is 0 Å². The zero-order valence-electron chi connectivity index (χ0n) is 16.4. The molecule has 5 heterocycles. The lowest BCUT2D eigenvalue weighted by molar-refractivity contribution is 0.0580. The SMILES string of the molecule is CC(C)Cc1cc(C(=O)N2C[C@H]3CC[C@@H]2CN(c2cnccn2)C3)n(C)n1. The number of aromatic nitrogens is 4. The summed E-state index contributed by atoms with van der Waals surface area (Å²) in [5.41, 5.74) is 1.70. The maximum absolute atomic E-state index is 13.3. The molecule has 144 valence electrons. The Labute approximate surface area is 160 Å². The van der Waals surface area contributed by atoms with Crippen molar-refractivity contribution >= 4 is 11.7 Å². The topological polar surface area (TPSA) is 67.2 Å². The van der Waals surface area contributed by atoms with Crippen LogP contribution in [-0.2, 0) is 13.5 Å². The molecule has 2 aromatic rings. The Morgan fingerprint density at radius 3 is 2.81 bits per heavy atom. The molecule has 1 amide bonds. The first-order valence-corrected chi connectivity index (χ1v) is 9.86. The molecule has 7 nitrogen and oxygen atoms in total. The normalized spacial score (nSPS) is 22.4. The van der Waals surface area contributed by atoms with Crippen LogP contribution >= 0.6 is 0 Å². The fraction of sp³-hybridized carbons (Fsp3) is 0.600. The molecule has 0 saturated carbocycles. The van der Waals surface area contributed by atoms with E-state index in [2.05, 4.69) is 38.7 Å². The number of aryl methyl sites for hydroxylation is 1. The average molecular weight is 368 g/mol. The summed E-state index contributed by atoms with van der Waals surface area (Å²) in [6, 6.07) is 2.18. The van der Waals surface area contributed by atoms with Crippen LogP contribution in [0.1, 0.15) is 42.9 Å². The standard InChI is InChI=1S/C20H28N6O/c1-14(2)8-16-9-18(24(3)23-16)20(27)26-12-15-4-5-17(26)13-25(11-15)19-10-21-6-7-22-19/h6-7,9-10,14-15,17H,4-5,8,11-13H2,1-3H3/t15-,17+/m0/s1. The van der Waals surface area contributed by atoms with Gasteiger partial charge in [-0.15, -0.1) is 0 Å². The molecule has 2 aromatic heterocycles. The van der Waals surface area contributed by atoms with Crippen molar-refractivity contribution in [1.29, 1.82) is 0 Å². The average Bonchev–Trinajstić information content (AvgIpc) is 2.83. The van der Waals surface area contributed by atoms with Gasteiger partial charge in [-0.3, -0.25) is 14.5 Å². The van der Waals surface area contributed by atoms with Gasteiger partial charge in [0.1, 0.15) is 11.5 Å². The Morgan fingerprint density at radius 1 is 1.22 bits per heavy atom. The molecule has 2 atom stereocenters. The molecule has 7 heteroatoms. The van der Waals surface area contributed by atoms with Crippen LogP contribution in [0.3, 0.4) is 0 Å². The lowest BCUT2D eigenvalue weighted by atomic mass is 9.94. The number of carbonyl (C=O) groups is 1. The monoisotopic (exact) mass is 368 g/mol. The molecule has 0 radical (unpaired) electrons. The van der Waals surface area contributed by atoms with Crippen LogP contribution in [0.15, 0.2) is 24.7 Å². The predicted octanol–water partition coefficient (Wildman–Crippen LogP) is 2.15. The van der Waals surface area contributed by atoms with Crippen LogP contribution in [0.5, 0.6) is 0 Å². The summed E-state index contributed by atoms with van der Waals surface area (Å²) in [6.07, 6.45) is 8.35. The van der Waals surface area contributed by atoms with Gasteiger partial charge in [-0.1, -0.05) is 13.8 Å². The van der Waals surface area contributed by atoms with Gasteiger partial charge in [-0.05, 0) is 37.2 Å². The van der Waals surface area contributed by atoms with Gasteiger partial charge in [0.25, 0.3) is 5.91 Å². The number of piperidine rings is 1. The minimum Gasteiger partial charge on any atom is -0.353 e. The zero-order chi connectivity index (χ0) is 19.0. The van der Waals surface area contributed by atoms with Crippen LogP contribution in [-0.4, -0.2) is 56.2 Å². The number of nitrogens with zero attached hydrogens (tertiary/aromatic N) is 6. The molecule has 5 rings (SSSR count). The van der Waals surface area contributed by atoms with E-state index in [4.69, 9.17) is 0 Å². The second-order valence-corrected chi connectivity index (χ2v) is 8.27. The Balaban J connectivity index is 1.55. The van der Waals surface area contributed by atoms with Gasteiger partial charge in [0.15, 0.2) is 0 Å². The third-order valence-corrected chi connectivity index (χ3v) is 5.61. The Bertz CT molecular complexity index is 802. The fourth-order valence-electron chi connectivity index (χ4n) is 4.36. The fourth-order valence-corrected chi connectivity index (χ4v) is 4.36. The Morgan fingerprint density at radius 2 is 2.07 bits per heavy atom. The molecular weight excluding hydrogens is 340 g/mol. The van der Waals surface area contributed by atoms with E-state index in [1.165, 1.54) is 0 Å². The molecule has 0 spiro atoms. The van der Waals surface area contributed by atoms with E-state index in [9.17, 15) is 4.79 Å². The number of carbonyl (C=O) groups excluding carboxylic acids is 1. The van der Waals surface area contributed by atoms with Crippen LogP contribution in [0.2, 0.25) is 0 Å². The second-order valence-electron chi connectivity index (χ2n) is 8.27. The molecule has 0 unspecified atom stereocenters. The van der Waals surface area contributed by atoms with Crippen LogP contribution in [0.4, 0.5) is 5.82 Å². The number of fused-ring (bicyclic) bond motifs is 4. The second kappa shape index (κ2) is 7.29. The van der Waals surface area contributed by atoms with E-state index >= 15 is 0 Å². The van der Waals surface area contributed by atoms with E-state index in [1.807, 2.05) is 19.3 Å². The van der Waals surface area contributed by atoms with E-state index in [1.54, 1.807) is 17.1 Å². The molecule has 27 heavy (non-hydrogen) atoms. The first-order chi connectivity index (χ1) is 13.0. The van der Waals surface area contributed by atoms with Crippen molar-refractivity contribution in [3.05, 3.63) is 36.0 Å². The summed E-state index contributed by atoms with van der Waals surface area (Å²) in [7, 11) is 1.87. The number of rotatable bonds is 4. The molecule has 0 N–H and O–H groups in total. The van der Waals surface area contributed by atoms with Gasteiger partial charge in [0, 0.05) is 45.1 Å².